The van der Waals surface area contributed by atoms with Crippen LogP contribution in [0.2, 0.25) is 5.02 Å². The summed E-state index contributed by atoms with van der Waals surface area (Å²) in [5.74, 6) is -0.353. The van der Waals surface area contributed by atoms with E-state index in [1.165, 1.54) is 11.3 Å². The van der Waals surface area contributed by atoms with Crippen LogP contribution in [0.25, 0.3) is 11.3 Å². The normalized spacial score (nSPS) is 11.0. The van der Waals surface area contributed by atoms with Gasteiger partial charge in [0, 0.05) is 16.0 Å². The molecule has 1 aromatic carbocycles. The van der Waals surface area contributed by atoms with E-state index in [1.54, 1.807) is 23.7 Å². The van der Waals surface area contributed by atoms with Gasteiger partial charge in [-0.2, -0.15) is 8.75 Å². The van der Waals surface area contributed by atoms with Crippen molar-refractivity contribution in [2.24, 2.45) is 0 Å². The van der Waals surface area contributed by atoms with E-state index in [2.05, 4.69) is 29.4 Å². The second-order valence-electron chi connectivity index (χ2n) is 5.98. The zero-order valence-electron chi connectivity index (χ0n) is 14.9. The van der Waals surface area contributed by atoms with Gasteiger partial charge in [0.2, 0.25) is 0 Å². The fourth-order valence-corrected chi connectivity index (χ4v) is 3.89. The molecule has 28 heavy (non-hydrogen) atoms. The second kappa shape index (κ2) is 7.74. The minimum atomic E-state index is -0.353. The van der Waals surface area contributed by atoms with E-state index >= 15 is 0 Å². The summed E-state index contributed by atoms with van der Waals surface area (Å²) in [5.41, 5.74) is 4.27. The Kier molecular flexibility index (Phi) is 5.16. The van der Waals surface area contributed by atoms with Crippen molar-refractivity contribution in [2.45, 2.75) is 20.4 Å². The lowest BCUT2D eigenvalue weighted by atomic mass is 10.2. The zero-order chi connectivity index (χ0) is 19.7. The van der Waals surface area contributed by atoms with E-state index in [1.807, 2.05) is 24.4 Å². The van der Waals surface area contributed by atoms with Crippen LogP contribution in [0.3, 0.4) is 0 Å². The molecule has 0 atom stereocenters. The molecule has 1 amide bonds. The highest BCUT2D eigenvalue weighted by Crippen LogP contribution is 2.26. The standard InChI is InChI=1S/C17H14ClN7OS2/c1-9-13(23-28-22-9)7-25-10(2)15(21-24-25)16(26)20-17-19-14(8-27-17)11-3-5-12(18)6-4-11/h3-6,8H,7H2,1-2H3,(H,19,20,26). The highest BCUT2D eigenvalue weighted by Gasteiger charge is 2.19. The molecule has 0 aliphatic carbocycles. The molecule has 3 heterocycles. The van der Waals surface area contributed by atoms with E-state index in [0.29, 0.717) is 22.4 Å². The number of carbonyl (C=O) groups is 1. The number of rotatable bonds is 5. The summed E-state index contributed by atoms with van der Waals surface area (Å²) in [6, 6.07) is 7.37. The molecule has 1 N–H and O–H groups in total. The van der Waals surface area contributed by atoms with Crippen molar-refractivity contribution in [2.75, 3.05) is 5.32 Å². The van der Waals surface area contributed by atoms with E-state index in [-0.39, 0.29) is 11.6 Å². The third-order valence-corrected chi connectivity index (χ3v) is 5.78. The fraction of sp³-hybridized carbons (Fsp3) is 0.176. The average Bonchev–Trinajstić information content (AvgIpc) is 3.39. The largest absolute Gasteiger partial charge is 0.296 e. The molecule has 11 heteroatoms. The van der Waals surface area contributed by atoms with Crippen molar-refractivity contribution in [3.05, 3.63) is 57.4 Å². The van der Waals surface area contributed by atoms with Gasteiger partial charge in [-0.3, -0.25) is 10.1 Å². The van der Waals surface area contributed by atoms with Crippen molar-refractivity contribution in [3.63, 3.8) is 0 Å². The summed E-state index contributed by atoms with van der Waals surface area (Å²) in [5, 5.41) is 13.9. The molecule has 4 aromatic rings. The molecule has 0 saturated carbocycles. The van der Waals surface area contributed by atoms with Gasteiger partial charge in [0.05, 0.1) is 41.0 Å². The van der Waals surface area contributed by atoms with E-state index in [0.717, 1.165) is 34.4 Å². The number of halogens is 1. The molecule has 8 nitrogen and oxygen atoms in total. The SMILES string of the molecule is Cc1nsnc1Cn1nnc(C(=O)Nc2nc(-c3ccc(Cl)cc3)cs2)c1C. The predicted octanol–water partition coefficient (Wildman–Crippen LogP) is 3.82. The minimum absolute atomic E-state index is 0.254. The number of benzene rings is 1. The summed E-state index contributed by atoms with van der Waals surface area (Å²) in [6.45, 7) is 4.11. The molecule has 0 saturated heterocycles. The molecule has 0 spiro atoms. The molecule has 4 rings (SSSR count). The first-order valence-corrected chi connectivity index (χ1v) is 10.2. The quantitative estimate of drug-likeness (QED) is 0.515. The molecular weight excluding hydrogens is 418 g/mol. The molecule has 0 fully saturated rings. The van der Waals surface area contributed by atoms with Crippen LogP contribution in [0.5, 0.6) is 0 Å². The third kappa shape index (κ3) is 3.79. The maximum absolute atomic E-state index is 12.6. The van der Waals surface area contributed by atoms with Crippen LogP contribution in [0.1, 0.15) is 27.6 Å². The monoisotopic (exact) mass is 431 g/mol. The van der Waals surface area contributed by atoms with Crippen molar-refractivity contribution >= 4 is 45.7 Å². The Morgan fingerprint density at radius 1 is 1.21 bits per heavy atom. The van der Waals surface area contributed by atoms with Crippen LogP contribution in [0, 0.1) is 13.8 Å². The van der Waals surface area contributed by atoms with Crippen LogP contribution < -0.4 is 5.32 Å². The van der Waals surface area contributed by atoms with Gasteiger partial charge >= 0.3 is 0 Å². The maximum atomic E-state index is 12.6. The molecule has 0 unspecified atom stereocenters. The molecule has 0 aliphatic heterocycles. The number of nitrogens with zero attached hydrogens (tertiary/aromatic N) is 6. The number of hydrogen-bond acceptors (Lipinski definition) is 8. The number of hydrogen-bond donors (Lipinski definition) is 1. The number of amides is 1. The molecule has 0 radical (unpaired) electrons. The summed E-state index contributed by atoms with van der Waals surface area (Å²) in [7, 11) is 0. The first-order valence-electron chi connectivity index (χ1n) is 8.22. The second-order valence-corrected chi connectivity index (χ2v) is 7.80. The first-order chi connectivity index (χ1) is 13.5. The maximum Gasteiger partial charge on any atom is 0.279 e. The van der Waals surface area contributed by atoms with Crippen LogP contribution >= 0.6 is 34.7 Å². The molecule has 3 aromatic heterocycles. The van der Waals surface area contributed by atoms with Crippen molar-refractivity contribution < 1.29 is 4.79 Å². The predicted molar refractivity (Wildman–Crippen MR) is 109 cm³/mol. The number of carbonyl (C=O) groups excluding carboxylic acids is 1. The lowest BCUT2D eigenvalue weighted by Crippen LogP contribution is -2.14. The molecule has 142 valence electrons. The summed E-state index contributed by atoms with van der Waals surface area (Å²) < 4.78 is 10.0. The summed E-state index contributed by atoms with van der Waals surface area (Å²) in [6.07, 6.45) is 0. The Balaban J connectivity index is 1.48. The Morgan fingerprint density at radius 3 is 2.71 bits per heavy atom. The Hall–Kier alpha value is -2.69. The first kappa shape index (κ1) is 18.7. The van der Waals surface area contributed by atoms with Gasteiger partial charge in [0.1, 0.15) is 0 Å². The Morgan fingerprint density at radius 2 is 2.00 bits per heavy atom. The van der Waals surface area contributed by atoms with E-state index in [4.69, 9.17) is 11.6 Å². The Labute approximate surface area is 173 Å². The zero-order valence-corrected chi connectivity index (χ0v) is 17.3. The lowest BCUT2D eigenvalue weighted by Gasteiger charge is -2.02. The highest BCUT2D eigenvalue weighted by molar-refractivity contribution is 7.14. The number of aryl methyl sites for hydroxylation is 1. The summed E-state index contributed by atoms with van der Waals surface area (Å²) in [4.78, 5) is 17.1. The fourth-order valence-electron chi connectivity index (χ4n) is 2.50. The van der Waals surface area contributed by atoms with Gasteiger partial charge in [-0.25, -0.2) is 9.67 Å². The van der Waals surface area contributed by atoms with Gasteiger partial charge < -0.3 is 0 Å². The van der Waals surface area contributed by atoms with Crippen LogP contribution in [-0.4, -0.2) is 34.6 Å². The molecule has 0 aliphatic rings. The molecular formula is C17H14ClN7OS2. The van der Waals surface area contributed by atoms with Crippen molar-refractivity contribution in [1.29, 1.82) is 0 Å². The van der Waals surface area contributed by atoms with Crippen LogP contribution in [-0.2, 0) is 6.54 Å². The topological polar surface area (TPSA) is 98.5 Å². The van der Waals surface area contributed by atoms with Crippen LogP contribution in [0.15, 0.2) is 29.6 Å². The number of anilines is 1. The van der Waals surface area contributed by atoms with E-state index in [9.17, 15) is 4.79 Å². The van der Waals surface area contributed by atoms with Gasteiger partial charge in [-0.15, -0.1) is 16.4 Å². The van der Waals surface area contributed by atoms with Gasteiger partial charge in [0.15, 0.2) is 10.8 Å². The highest BCUT2D eigenvalue weighted by atomic mass is 35.5. The van der Waals surface area contributed by atoms with E-state index < -0.39 is 0 Å². The summed E-state index contributed by atoms with van der Waals surface area (Å²) >= 11 is 8.41. The number of thiazole rings is 1. The Bertz CT molecular complexity index is 1130. The lowest BCUT2D eigenvalue weighted by molar-refractivity contribution is 0.102. The number of aromatic nitrogens is 6. The number of nitrogens with one attached hydrogen (secondary N) is 1. The van der Waals surface area contributed by atoms with Crippen molar-refractivity contribution in [3.8, 4) is 11.3 Å². The average molecular weight is 432 g/mol. The smallest absolute Gasteiger partial charge is 0.279 e. The van der Waals surface area contributed by atoms with Crippen molar-refractivity contribution in [1.82, 2.24) is 28.7 Å². The van der Waals surface area contributed by atoms with Gasteiger partial charge in [-0.1, -0.05) is 28.9 Å². The van der Waals surface area contributed by atoms with Gasteiger partial charge in [-0.05, 0) is 26.0 Å². The minimum Gasteiger partial charge on any atom is -0.296 e. The third-order valence-electron chi connectivity index (χ3n) is 4.11. The van der Waals surface area contributed by atoms with Gasteiger partial charge in [0.25, 0.3) is 5.91 Å². The molecule has 0 bridgehead atoms. The van der Waals surface area contributed by atoms with Crippen LogP contribution in [0.4, 0.5) is 5.13 Å².